The van der Waals surface area contributed by atoms with E-state index in [9.17, 15) is 0 Å². The van der Waals surface area contributed by atoms with Crippen LogP contribution in [0.1, 0.15) is 16.7 Å². The van der Waals surface area contributed by atoms with Crippen LogP contribution >= 0.6 is 11.3 Å². The van der Waals surface area contributed by atoms with Gasteiger partial charge in [-0.2, -0.15) is 11.3 Å². The average Bonchev–Trinajstić information content (AvgIpc) is 3.23. The van der Waals surface area contributed by atoms with E-state index in [0.29, 0.717) is 0 Å². The van der Waals surface area contributed by atoms with E-state index >= 15 is 0 Å². The summed E-state index contributed by atoms with van der Waals surface area (Å²) in [5.74, 6) is 0. The van der Waals surface area contributed by atoms with E-state index in [-0.39, 0.29) is 0 Å². The molecule has 0 bridgehead atoms. The zero-order chi connectivity index (χ0) is 18.5. The van der Waals surface area contributed by atoms with Gasteiger partial charge in [-0.25, -0.2) is 0 Å². The molecule has 0 spiro atoms. The van der Waals surface area contributed by atoms with Gasteiger partial charge in [0.15, 0.2) is 0 Å². The number of benzene rings is 3. The second kappa shape index (κ2) is 8.07. The summed E-state index contributed by atoms with van der Waals surface area (Å²) in [6.07, 6.45) is 4.34. The first-order valence-electron chi connectivity index (χ1n) is 9.02. The lowest BCUT2D eigenvalue weighted by Crippen LogP contribution is -2.11. The summed E-state index contributed by atoms with van der Waals surface area (Å²) in [6, 6.07) is 29.9. The molecule has 0 aliphatic heterocycles. The number of rotatable bonds is 5. The van der Waals surface area contributed by atoms with Crippen molar-refractivity contribution in [1.29, 1.82) is 0 Å². The van der Waals surface area contributed by atoms with Crippen molar-refractivity contribution < 1.29 is 0 Å². The van der Waals surface area contributed by atoms with Gasteiger partial charge < -0.3 is 4.90 Å². The molecule has 0 saturated carbocycles. The van der Waals surface area contributed by atoms with Gasteiger partial charge >= 0.3 is 0 Å². The Kier molecular flexibility index (Phi) is 5.17. The molecule has 1 nitrogen and oxygen atoms in total. The van der Waals surface area contributed by atoms with Crippen molar-refractivity contribution in [2.45, 2.75) is 6.92 Å². The molecule has 1 aromatic heterocycles. The number of thiophene rings is 1. The van der Waals surface area contributed by atoms with E-state index in [1.54, 1.807) is 11.3 Å². The summed E-state index contributed by atoms with van der Waals surface area (Å²) in [5.41, 5.74) is 7.19. The van der Waals surface area contributed by atoms with Crippen LogP contribution < -0.4 is 4.90 Å². The Morgan fingerprint density at radius 2 is 1.44 bits per heavy atom. The van der Waals surface area contributed by atoms with Crippen LogP contribution in [0.2, 0.25) is 0 Å². The average molecular weight is 368 g/mol. The van der Waals surface area contributed by atoms with Crippen LogP contribution in [-0.4, -0.2) is 0 Å². The molecule has 2 heteroatoms. The van der Waals surface area contributed by atoms with E-state index in [0.717, 1.165) is 11.4 Å². The number of nitrogens with zero attached hydrogens (tertiary/aromatic N) is 1. The third-order valence-corrected chi connectivity index (χ3v) is 5.21. The molecule has 0 amide bonds. The van der Waals surface area contributed by atoms with Crippen LogP contribution in [0, 0.1) is 6.92 Å². The van der Waals surface area contributed by atoms with Gasteiger partial charge in [-0.1, -0.05) is 60.7 Å². The van der Waals surface area contributed by atoms with E-state index in [1.807, 2.05) is 0 Å². The summed E-state index contributed by atoms with van der Waals surface area (Å²) in [5, 5.41) is 4.26. The van der Waals surface area contributed by atoms with Crippen LogP contribution in [0.25, 0.3) is 12.2 Å². The van der Waals surface area contributed by atoms with Crippen molar-refractivity contribution in [3.05, 3.63) is 112 Å². The first-order chi connectivity index (χ1) is 13.3. The third-order valence-electron chi connectivity index (χ3n) is 4.51. The van der Waals surface area contributed by atoms with E-state index in [1.165, 1.54) is 22.4 Å². The maximum atomic E-state index is 2.32. The minimum Gasteiger partial charge on any atom is -0.310 e. The maximum absolute atomic E-state index is 2.32. The SMILES string of the molecule is Cc1ccccc1N(c1ccccc1)c1cccc(/C=C/c2ccsc2)c1. The van der Waals surface area contributed by atoms with Crippen LogP contribution in [0.3, 0.4) is 0 Å². The fourth-order valence-corrected chi connectivity index (χ4v) is 3.78. The normalized spacial score (nSPS) is 11.0. The van der Waals surface area contributed by atoms with Gasteiger partial charge in [0.2, 0.25) is 0 Å². The summed E-state index contributed by atoms with van der Waals surface area (Å²) >= 11 is 1.72. The molecule has 3 aromatic carbocycles. The molecule has 0 unspecified atom stereocenters. The van der Waals surface area contributed by atoms with Crippen molar-refractivity contribution in [2.24, 2.45) is 0 Å². The third kappa shape index (κ3) is 4.02. The quantitative estimate of drug-likeness (QED) is 0.349. The monoisotopic (exact) mass is 367 g/mol. The van der Waals surface area contributed by atoms with Gasteiger partial charge in [0, 0.05) is 17.1 Å². The lowest BCUT2D eigenvalue weighted by Gasteiger charge is -2.27. The Morgan fingerprint density at radius 3 is 2.22 bits per heavy atom. The minimum atomic E-state index is 1.16. The molecule has 0 atom stereocenters. The largest absolute Gasteiger partial charge is 0.310 e. The smallest absolute Gasteiger partial charge is 0.0490 e. The van der Waals surface area contributed by atoms with Gasteiger partial charge in [0.05, 0.1) is 0 Å². The number of aryl methyl sites for hydroxylation is 1. The first-order valence-corrected chi connectivity index (χ1v) is 9.97. The molecule has 27 heavy (non-hydrogen) atoms. The summed E-state index contributed by atoms with van der Waals surface area (Å²) in [6.45, 7) is 2.16. The van der Waals surface area contributed by atoms with Crippen molar-refractivity contribution in [3.63, 3.8) is 0 Å². The van der Waals surface area contributed by atoms with Crippen molar-refractivity contribution in [3.8, 4) is 0 Å². The zero-order valence-corrected chi connectivity index (χ0v) is 16.1. The van der Waals surface area contributed by atoms with Crippen molar-refractivity contribution >= 4 is 40.6 Å². The maximum Gasteiger partial charge on any atom is 0.0490 e. The van der Waals surface area contributed by atoms with E-state index in [2.05, 4.69) is 120 Å². The summed E-state index contributed by atoms with van der Waals surface area (Å²) in [7, 11) is 0. The van der Waals surface area contributed by atoms with E-state index in [4.69, 9.17) is 0 Å². The van der Waals surface area contributed by atoms with Gasteiger partial charge in [-0.05, 0) is 70.8 Å². The van der Waals surface area contributed by atoms with Crippen molar-refractivity contribution in [2.75, 3.05) is 4.90 Å². The fourth-order valence-electron chi connectivity index (χ4n) is 3.15. The fraction of sp³-hybridized carbons (Fsp3) is 0.0400. The van der Waals surface area contributed by atoms with Gasteiger partial charge in [-0.3, -0.25) is 0 Å². The van der Waals surface area contributed by atoms with Gasteiger partial charge in [0.25, 0.3) is 0 Å². The minimum absolute atomic E-state index is 1.16. The highest BCUT2D eigenvalue weighted by Gasteiger charge is 2.13. The molecular formula is C25H21NS. The van der Waals surface area contributed by atoms with Crippen LogP contribution in [0.4, 0.5) is 17.1 Å². The number of hydrogen-bond acceptors (Lipinski definition) is 2. The standard InChI is InChI=1S/C25H21NS/c1-20-8-5-6-13-25(20)26(23-10-3-2-4-11-23)24-12-7-9-21(18-24)14-15-22-16-17-27-19-22/h2-19H,1H3/b15-14+. The molecule has 4 rings (SSSR count). The lowest BCUT2D eigenvalue weighted by atomic mass is 10.1. The Labute approximate surface area is 164 Å². The number of anilines is 3. The first kappa shape index (κ1) is 17.3. The summed E-state index contributed by atoms with van der Waals surface area (Å²) in [4.78, 5) is 2.32. The molecule has 0 aliphatic rings. The van der Waals surface area contributed by atoms with Gasteiger partial charge in [0.1, 0.15) is 0 Å². The second-order valence-electron chi connectivity index (χ2n) is 6.44. The molecule has 0 radical (unpaired) electrons. The lowest BCUT2D eigenvalue weighted by molar-refractivity contribution is 1.25. The Hall–Kier alpha value is -3.10. The van der Waals surface area contributed by atoms with Crippen LogP contribution in [0.15, 0.2) is 95.7 Å². The topological polar surface area (TPSA) is 3.24 Å². The van der Waals surface area contributed by atoms with E-state index < -0.39 is 0 Å². The Balaban J connectivity index is 1.77. The molecule has 0 N–H and O–H groups in total. The molecule has 0 aliphatic carbocycles. The predicted octanol–water partition coefficient (Wildman–Crippen LogP) is 7.70. The molecule has 0 saturated heterocycles. The Bertz CT molecular complexity index is 1030. The van der Waals surface area contributed by atoms with Crippen molar-refractivity contribution in [1.82, 2.24) is 0 Å². The Morgan fingerprint density at radius 1 is 0.704 bits per heavy atom. The highest BCUT2D eigenvalue weighted by Crippen LogP contribution is 2.36. The van der Waals surface area contributed by atoms with Gasteiger partial charge in [-0.15, -0.1) is 0 Å². The van der Waals surface area contributed by atoms with Crippen LogP contribution in [0.5, 0.6) is 0 Å². The van der Waals surface area contributed by atoms with Crippen LogP contribution in [-0.2, 0) is 0 Å². The number of para-hydroxylation sites is 2. The highest BCUT2D eigenvalue weighted by atomic mass is 32.1. The molecule has 0 fully saturated rings. The molecule has 132 valence electrons. The highest BCUT2D eigenvalue weighted by molar-refractivity contribution is 7.08. The number of hydrogen-bond donors (Lipinski definition) is 0. The molecule has 4 aromatic rings. The second-order valence-corrected chi connectivity index (χ2v) is 7.22. The summed E-state index contributed by atoms with van der Waals surface area (Å²) < 4.78 is 0. The zero-order valence-electron chi connectivity index (χ0n) is 15.2. The predicted molar refractivity (Wildman–Crippen MR) is 119 cm³/mol. The molecular weight excluding hydrogens is 346 g/mol. The molecule has 1 heterocycles.